The van der Waals surface area contributed by atoms with Crippen molar-refractivity contribution >= 4 is 17.4 Å². The highest BCUT2D eigenvalue weighted by molar-refractivity contribution is 6.03. The molecule has 6 heteroatoms. The van der Waals surface area contributed by atoms with E-state index in [4.69, 9.17) is 0 Å². The first-order valence-corrected chi connectivity index (χ1v) is 6.97. The highest BCUT2D eigenvalue weighted by atomic mass is 19.1. The third kappa shape index (κ3) is 4.53. The summed E-state index contributed by atoms with van der Waals surface area (Å²) in [7, 11) is 4.00. The standard InChI is InChI=1S/C16H19FN4O/c1-21(2)10-9-18-12-7-8-15(19-11-12)20-16(22)13-5-3-4-6-14(13)17/h3-8,11,18H,9-10H2,1-2H3,(H,19,20,22). The van der Waals surface area contributed by atoms with Gasteiger partial charge in [0, 0.05) is 13.1 Å². The van der Waals surface area contributed by atoms with Crippen molar-refractivity contribution in [2.45, 2.75) is 0 Å². The predicted octanol–water partition coefficient (Wildman–Crippen LogP) is 2.45. The van der Waals surface area contributed by atoms with E-state index in [1.54, 1.807) is 24.4 Å². The van der Waals surface area contributed by atoms with Crippen LogP contribution in [-0.2, 0) is 0 Å². The molecule has 5 nitrogen and oxygen atoms in total. The van der Waals surface area contributed by atoms with Crippen molar-refractivity contribution in [2.24, 2.45) is 0 Å². The number of carbonyl (C=O) groups excluding carboxylic acids is 1. The first-order valence-electron chi connectivity index (χ1n) is 6.97. The number of halogens is 1. The highest BCUT2D eigenvalue weighted by Crippen LogP contribution is 2.12. The van der Waals surface area contributed by atoms with Gasteiger partial charge in [0.2, 0.25) is 0 Å². The molecule has 1 aromatic heterocycles. The fraction of sp³-hybridized carbons (Fsp3) is 0.250. The molecule has 0 radical (unpaired) electrons. The number of likely N-dealkylation sites (N-methyl/N-ethyl adjacent to an activating group) is 1. The molecule has 1 aromatic carbocycles. The summed E-state index contributed by atoms with van der Waals surface area (Å²) < 4.78 is 13.5. The maximum atomic E-state index is 13.5. The van der Waals surface area contributed by atoms with Gasteiger partial charge in [0.1, 0.15) is 11.6 Å². The molecule has 0 unspecified atom stereocenters. The number of aromatic nitrogens is 1. The summed E-state index contributed by atoms with van der Waals surface area (Å²) in [5.74, 6) is -0.688. The maximum Gasteiger partial charge on any atom is 0.259 e. The Bertz CT molecular complexity index is 628. The first-order chi connectivity index (χ1) is 10.6. The number of benzene rings is 1. The lowest BCUT2D eigenvalue weighted by atomic mass is 10.2. The van der Waals surface area contributed by atoms with Crippen molar-refractivity contribution < 1.29 is 9.18 Å². The monoisotopic (exact) mass is 302 g/mol. The Balaban J connectivity index is 1.94. The van der Waals surface area contributed by atoms with Gasteiger partial charge in [-0.05, 0) is 38.4 Å². The van der Waals surface area contributed by atoms with Gasteiger partial charge in [-0.15, -0.1) is 0 Å². The number of carbonyl (C=O) groups is 1. The maximum absolute atomic E-state index is 13.5. The van der Waals surface area contributed by atoms with E-state index in [0.717, 1.165) is 18.8 Å². The molecular weight excluding hydrogens is 283 g/mol. The van der Waals surface area contributed by atoms with Crippen molar-refractivity contribution in [2.75, 3.05) is 37.8 Å². The normalized spacial score (nSPS) is 10.5. The third-order valence-corrected chi connectivity index (χ3v) is 3.01. The SMILES string of the molecule is CN(C)CCNc1ccc(NC(=O)c2ccccc2F)nc1. The second-order valence-electron chi connectivity index (χ2n) is 5.10. The molecule has 116 valence electrons. The molecule has 0 saturated carbocycles. The molecule has 0 aliphatic carbocycles. The smallest absolute Gasteiger partial charge is 0.259 e. The van der Waals surface area contributed by atoms with Crippen LogP contribution >= 0.6 is 0 Å². The molecule has 2 aromatic rings. The van der Waals surface area contributed by atoms with Crippen molar-refractivity contribution in [1.29, 1.82) is 0 Å². The fourth-order valence-electron chi connectivity index (χ4n) is 1.83. The summed E-state index contributed by atoms with van der Waals surface area (Å²) in [5.41, 5.74) is 0.864. The lowest BCUT2D eigenvalue weighted by Gasteiger charge is -2.11. The highest BCUT2D eigenvalue weighted by Gasteiger charge is 2.11. The summed E-state index contributed by atoms with van der Waals surface area (Å²) >= 11 is 0. The van der Waals surface area contributed by atoms with Gasteiger partial charge in [0.05, 0.1) is 17.4 Å². The molecule has 0 fully saturated rings. The molecule has 1 heterocycles. The van der Waals surface area contributed by atoms with E-state index < -0.39 is 11.7 Å². The Labute approximate surface area is 129 Å². The first kappa shape index (κ1) is 15.9. The van der Waals surface area contributed by atoms with Crippen LogP contribution in [0.4, 0.5) is 15.9 Å². The van der Waals surface area contributed by atoms with Gasteiger partial charge in [-0.2, -0.15) is 0 Å². The average Bonchev–Trinajstić information content (AvgIpc) is 2.49. The van der Waals surface area contributed by atoms with Crippen LogP contribution in [-0.4, -0.2) is 43.0 Å². The van der Waals surface area contributed by atoms with Gasteiger partial charge in [-0.1, -0.05) is 12.1 Å². The minimum Gasteiger partial charge on any atom is -0.383 e. The van der Waals surface area contributed by atoms with Gasteiger partial charge >= 0.3 is 0 Å². The fourth-order valence-corrected chi connectivity index (χ4v) is 1.83. The van der Waals surface area contributed by atoms with Crippen LogP contribution in [0.1, 0.15) is 10.4 Å². The number of amides is 1. The van der Waals surface area contributed by atoms with Crippen LogP contribution in [0.25, 0.3) is 0 Å². The molecule has 1 amide bonds. The summed E-state index contributed by atoms with van der Waals surface area (Å²) in [4.78, 5) is 18.2. The molecular formula is C16H19FN4O. The molecule has 0 atom stereocenters. The van der Waals surface area contributed by atoms with E-state index >= 15 is 0 Å². The van der Waals surface area contributed by atoms with Crippen LogP contribution < -0.4 is 10.6 Å². The van der Waals surface area contributed by atoms with Gasteiger partial charge < -0.3 is 15.5 Å². The molecule has 0 spiro atoms. The summed E-state index contributed by atoms with van der Waals surface area (Å²) in [6, 6.07) is 9.33. The Morgan fingerprint density at radius 3 is 2.64 bits per heavy atom. The van der Waals surface area contributed by atoms with Gasteiger partial charge in [0.25, 0.3) is 5.91 Å². The number of nitrogens with zero attached hydrogens (tertiary/aromatic N) is 2. The third-order valence-electron chi connectivity index (χ3n) is 3.01. The molecule has 2 N–H and O–H groups in total. The Hall–Kier alpha value is -2.47. The van der Waals surface area contributed by atoms with Crippen LogP contribution in [0.3, 0.4) is 0 Å². The second-order valence-corrected chi connectivity index (χ2v) is 5.10. The Morgan fingerprint density at radius 2 is 2.00 bits per heavy atom. The Morgan fingerprint density at radius 1 is 1.23 bits per heavy atom. The zero-order valence-corrected chi connectivity index (χ0v) is 12.6. The second kappa shape index (κ2) is 7.51. The lowest BCUT2D eigenvalue weighted by molar-refractivity contribution is 0.102. The van der Waals surface area contributed by atoms with Crippen molar-refractivity contribution in [1.82, 2.24) is 9.88 Å². The number of anilines is 2. The van der Waals surface area contributed by atoms with Crippen LogP contribution in [0.2, 0.25) is 0 Å². The summed E-state index contributed by atoms with van der Waals surface area (Å²) in [6.45, 7) is 1.71. The van der Waals surface area contributed by atoms with Gasteiger partial charge in [-0.3, -0.25) is 4.79 Å². The molecule has 0 bridgehead atoms. The molecule has 2 rings (SSSR count). The predicted molar refractivity (Wildman–Crippen MR) is 85.6 cm³/mol. The molecule has 0 saturated heterocycles. The van der Waals surface area contributed by atoms with Crippen molar-refractivity contribution in [3.8, 4) is 0 Å². The van der Waals surface area contributed by atoms with E-state index in [1.807, 2.05) is 20.2 Å². The number of pyridine rings is 1. The number of hydrogen-bond donors (Lipinski definition) is 2. The zero-order chi connectivity index (χ0) is 15.9. The van der Waals surface area contributed by atoms with E-state index in [0.29, 0.717) is 5.82 Å². The minimum absolute atomic E-state index is 0.00233. The molecule has 0 aliphatic heterocycles. The van der Waals surface area contributed by atoms with Crippen molar-refractivity contribution in [3.05, 3.63) is 54.0 Å². The summed E-state index contributed by atoms with van der Waals surface area (Å²) in [6.07, 6.45) is 1.63. The van der Waals surface area contributed by atoms with E-state index in [1.165, 1.54) is 12.1 Å². The topological polar surface area (TPSA) is 57.3 Å². The van der Waals surface area contributed by atoms with E-state index in [2.05, 4.69) is 20.5 Å². The molecule has 0 aliphatic rings. The quantitative estimate of drug-likeness (QED) is 0.860. The van der Waals surface area contributed by atoms with Gasteiger partial charge in [-0.25, -0.2) is 9.37 Å². The minimum atomic E-state index is -0.554. The van der Waals surface area contributed by atoms with E-state index in [9.17, 15) is 9.18 Å². The molecule has 22 heavy (non-hydrogen) atoms. The van der Waals surface area contributed by atoms with Crippen LogP contribution in [0, 0.1) is 5.82 Å². The van der Waals surface area contributed by atoms with Crippen LogP contribution in [0.15, 0.2) is 42.6 Å². The zero-order valence-electron chi connectivity index (χ0n) is 12.6. The van der Waals surface area contributed by atoms with E-state index in [-0.39, 0.29) is 5.56 Å². The largest absolute Gasteiger partial charge is 0.383 e. The van der Waals surface area contributed by atoms with Gasteiger partial charge in [0.15, 0.2) is 0 Å². The number of rotatable bonds is 6. The average molecular weight is 302 g/mol. The van der Waals surface area contributed by atoms with Crippen molar-refractivity contribution in [3.63, 3.8) is 0 Å². The number of nitrogens with one attached hydrogen (secondary N) is 2. The number of hydrogen-bond acceptors (Lipinski definition) is 4. The Kier molecular flexibility index (Phi) is 5.43. The lowest BCUT2D eigenvalue weighted by Crippen LogP contribution is -2.20. The van der Waals surface area contributed by atoms with Crippen LogP contribution in [0.5, 0.6) is 0 Å². The summed E-state index contributed by atoms with van der Waals surface area (Å²) in [5, 5.41) is 5.79.